The van der Waals surface area contributed by atoms with Crippen molar-refractivity contribution in [3.63, 3.8) is 0 Å². The molecular weight excluding hydrogens is 280 g/mol. The number of carbonyl (C=O) groups excluding carboxylic acids is 1. The van der Waals surface area contributed by atoms with Crippen molar-refractivity contribution in [1.82, 2.24) is 15.3 Å². The lowest BCUT2D eigenvalue weighted by Gasteiger charge is -2.11. The van der Waals surface area contributed by atoms with E-state index >= 15 is 0 Å². The van der Waals surface area contributed by atoms with E-state index < -0.39 is 0 Å². The highest BCUT2D eigenvalue weighted by atomic mass is 16.5. The number of ether oxygens (including phenoxy) is 1. The standard InChI is InChI=1S/C16H18N4O2/c1-4-7-17-16(21)13-9-19-15(10-18-13)20-12-8-11(2)5-6-14(12)22-3/h4-6,8-10H,1,7H2,2-3H3,(H,17,21)(H,19,20). The molecule has 0 fully saturated rings. The molecule has 2 rings (SSSR count). The average Bonchev–Trinajstić information content (AvgIpc) is 2.53. The summed E-state index contributed by atoms with van der Waals surface area (Å²) in [6, 6.07) is 5.79. The second-order valence-electron chi connectivity index (χ2n) is 4.61. The third-order valence-electron chi connectivity index (χ3n) is 2.91. The van der Waals surface area contributed by atoms with E-state index in [1.54, 1.807) is 13.2 Å². The van der Waals surface area contributed by atoms with Crippen LogP contribution in [0.4, 0.5) is 11.5 Å². The quantitative estimate of drug-likeness (QED) is 0.801. The maximum Gasteiger partial charge on any atom is 0.271 e. The van der Waals surface area contributed by atoms with Crippen LogP contribution in [0.1, 0.15) is 16.1 Å². The number of carbonyl (C=O) groups is 1. The summed E-state index contributed by atoms with van der Waals surface area (Å²) in [7, 11) is 1.61. The van der Waals surface area contributed by atoms with Crippen LogP contribution in [0.2, 0.25) is 0 Å². The van der Waals surface area contributed by atoms with Crippen LogP contribution in [0.5, 0.6) is 5.75 Å². The number of nitrogens with one attached hydrogen (secondary N) is 2. The summed E-state index contributed by atoms with van der Waals surface area (Å²) in [6.07, 6.45) is 4.53. The minimum absolute atomic E-state index is 0.253. The van der Waals surface area contributed by atoms with Crippen molar-refractivity contribution in [3.8, 4) is 5.75 Å². The third kappa shape index (κ3) is 3.82. The number of nitrogens with zero attached hydrogens (tertiary/aromatic N) is 2. The van der Waals surface area contributed by atoms with Gasteiger partial charge in [-0.15, -0.1) is 6.58 Å². The van der Waals surface area contributed by atoms with Crippen molar-refractivity contribution in [2.24, 2.45) is 0 Å². The zero-order chi connectivity index (χ0) is 15.9. The highest BCUT2D eigenvalue weighted by molar-refractivity contribution is 5.92. The van der Waals surface area contributed by atoms with Crippen molar-refractivity contribution in [1.29, 1.82) is 0 Å². The van der Waals surface area contributed by atoms with Crippen molar-refractivity contribution in [3.05, 3.63) is 54.5 Å². The van der Waals surface area contributed by atoms with E-state index in [1.807, 2.05) is 25.1 Å². The van der Waals surface area contributed by atoms with E-state index in [0.717, 1.165) is 11.3 Å². The SMILES string of the molecule is C=CCNC(=O)c1cnc(Nc2cc(C)ccc2OC)cn1. The lowest BCUT2D eigenvalue weighted by Crippen LogP contribution is -2.24. The van der Waals surface area contributed by atoms with E-state index in [1.165, 1.54) is 12.4 Å². The second kappa shape index (κ2) is 7.21. The fourth-order valence-corrected chi connectivity index (χ4v) is 1.82. The summed E-state index contributed by atoms with van der Waals surface area (Å²) in [6.45, 7) is 5.92. The molecule has 0 atom stereocenters. The van der Waals surface area contributed by atoms with Gasteiger partial charge in [0, 0.05) is 6.54 Å². The Hall–Kier alpha value is -2.89. The Morgan fingerprint density at radius 1 is 1.36 bits per heavy atom. The van der Waals surface area contributed by atoms with Gasteiger partial charge >= 0.3 is 0 Å². The zero-order valence-corrected chi connectivity index (χ0v) is 12.6. The Balaban J connectivity index is 2.13. The molecule has 0 unspecified atom stereocenters. The van der Waals surface area contributed by atoms with Gasteiger partial charge in [0.2, 0.25) is 0 Å². The van der Waals surface area contributed by atoms with Crippen LogP contribution in [-0.4, -0.2) is 29.5 Å². The molecule has 1 aromatic heterocycles. The van der Waals surface area contributed by atoms with E-state index in [-0.39, 0.29) is 11.6 Å². The van der Waals surface area contributed by atoms with Gasteiger partial charge in [0.15, 0.2) is 0 Å². The molecule has 6 heteroatoms. The maximum absolute atomic E-state index is 11.7. The van der Waals surface area contributed by atoms with Crippen LogP contribution in [0, 0.1) is 6.92 Å². The number of benzene rings is 1. The molecule has 22 heavy (non-hydrogen) atoms. The fraction of sp³-hybridized carbons (Fsp3) is 0.188. The predicted octanol–water partition coefficient (Wildman–Crippen LogP) is 2.45. The van der Waals surface area contributed by atoms with Gasteiger partial charge in [-0.05, 0) is 24.6 Å². The molecule has 114 valence electrons. The topological polar surface area (TPSA) is 76.1 Å². The smallest absolute Gasteiger partial charge is 0.271 e. The van der Waals surface area contributed by atoms with E-state index in [9.17, 15) is 4.79 Å². The van der Waals surface area contributed by atoms with Crippen LogP contribution in [-0.2, 0) is 0 Å². The molecule has 0 saturated heterocycles. The van der Waals surface area contributed by atoms with Crippen molar-refractivity contribution in [2.75, 3.05) is 19.0 Å². The van der Waals surface area contributed by atoms with Gasteiger partial charge in [-0.25, -0.2) is 9.97 Å². The van der Waals surface area contributed by atoms with Crippen LogP contribution in [0.3, 0.4) is 0 Å². The van der Waals surface area contributed by atoms with Crippen LogP contribution < -0.4 is 15.4 Å². The van der Waals surface area contributed by atoms with E-state index in [0.29, 0.717) is 18.1 Å². The van der Waals surface area contributed by atoms with Gasteiger partial charge < -0.3 is 15.4 Å². The molecule has 0 aliphatic carbocycles. The van der Waals surface area contributed by atoms with Crippen molar-refractivity contribution < 1.29 is 9.53 Å². The molecule has 2 aromatic rings. The summed E-state index contributed by atoms with van der Waals surface area (Å²) in [5.41, 5.74) is 2.14. The Bertz CT molecular complexity index is 668. The molecule has 0 spiro atoms. The number of methoxy groups -OCH3 is 1. The molecule has 0 aliphatic heterocycles. The lowest BCUT2D eigenvalue weighted by atomic mass is 10.2. The monoisotopic (exact) mass is 298 g/mol. The number of rotatable bonds is 6. The second-order valence-corrected chi connectivity index (χ2v) is 4.61. The van der Waals surface area contributed by atoms with Crippen LogP contribution in [0.25, 0.3) is 0 Å². The summed E-state index contributed by atoms with van der Waals surface area (Å²) < 4.78 is 5.29. The maximum atomic E-state index is 11.7. The summed E-state index contributed by atoms with van der Waals surface area (Å²) in [5.74, 6) is 0.955. The molecule has 6 nitrogen and oxygen atoms in total. The van der Waals surface area contributed by atoms with Gasteiger partial charge in [0.1, 0.15) is 17.3 Å². The lowest BCUT2D eigenvalue weighted by molar-refractivity contribution is 0.0952. The van der Waals surface area contributed by atoms with Gasteiger partial charge in [0.25, 0.3) is 5.91 Å². The Morgan fingerprint density at radius 2 is 2.18 bits per heavy atom. The van der Waals surface area contributed by atoms with Gasteiger partial charge in [-0.1, -0.05) is 12.1 Å². The summed E-state index contributed by atoms with van der Waals surface area (Å²) in [4.78, 5) is 20.0. The summed E-state index contributed by atoms with van der Waals surface area (Å²) >= 11 is 0. The molecule has 0 saturated carbocycles. The molecule has 1 amide bonds. The molecule has 1 aromatic carbocycles. The minimum Gasteiger partial charge on any atom is -0.495 e. The first-order valence-corrected chi connectivity index (χ1v) is 6.77. The number of anilines is 2. The zero-order valence-electron chi connectivity index (χ0n) is 12.6. The highest BCUT2D eigenvalue weighted by Crippen LogP contribution is 2.27. The van der Waals surface area contributed by atoms with Gasteiger partial charge in [-0.2, -0.15) is 0 Å². The van der Waals surface area contributed by atoms with E-state index in [2.05, 4.69) is 27.2 Å². The first-order chi connectivity index (χ1) is 10.6. The molecule has 1 heterocycles. The van der Waals surface area contributed by atoms with Crippen molar-refractivity contribution >= 4 is 17.4 Å². The average molecular weight is 298 g/mol. The van der Waals surface area contributed by atoms with Crippen LogP contribution in [0.15, 0.2) is 43.2 Å². The molecular formula is C16H18N4O2. The number of aryl methyl sites for hydroxylation is 1. The number of aromatic nitrogens is 2. The normalized spacial score (nSPS) is 9.91. The van der Waals surface area contributed by atoms with Crippen LogP contribution >= 0.6 is 0 Å². The number of hydrogen-bond acceptors (Lipinski definition) is 5. The Morgan fingerprint density at radius 3 is 2.82 bits per heavy atom. The van der Waals surface area contributed by atoms with Crippen molar-refractivity contribution in [2.45, 2.75) is 6.92 Å². The first-order valence-electron chi connectivity index (χ1n) is 6.77. The molecule has 2 N–H and O–H groups in total. The van der Waals surface area contributed by atoms with E-state index in [4.69, 9.17) is 4.74 Å². The van der Waals surface area contributed by atoms with Gasteiger partial charge in [-0.3, -0.25) is 4.79 Å². The minimum atomic E-state index is -0.285. The third-order valence-corrected chi connectivity index (χ3v) is 2.91. The Labute approximate surface area is 129 Å². The molecule has 0 radical (unpaired) electrons. The predicted molar refractivity (Wildman–Crippen MR) is 85.6 cm³/mol. The molecule has 0 aliphatic rings. The fourth-order valence-electron chi connectivity index (χ4n) is 1.82. The number of amides is 1. The van der Waals surface area contributed by atoms with Gasteiger partial charge in [0.05, 0.1) is 25.2 Å². The highest BCUT2D eigenvalue weighted by Gasteiger charge is 2.08. The summed E-state index contributed by atoms with van der Waals surface area (Å²) in [5, 5.41) is 5.77. The Kier molecular flexibility index (Phi) is 5.08. The number of hydrogen-bond donors (Lipinski definition) is 2. The largest absolute Gasteiger partial charge is 0.495 e. The first kappa shape index (κ1) is 15.5. The molecule has 0 bridgehead atoms.